The Bertz CT molecular complexity index is 1550. The van der Waals surface area contributed by atoms with Gasteiger partial charge >= 0.3 is 17.9 Å². The predicted octanol–water partition coefficient (Wildman–Crippen LogP) is 8.58. The molecule has 6 unspecified atom stereocenters. The number of hydrogen-bond acceptors (Lipinski definition) is 6. The zero-order valence-electron chi connectivity index (χ0n) is 28.1. The summed E-state index contributed by atoms with van der Waals surface area (Å²) in [6.07, 6.45) is 8.74. The van der Waals surface area contributed by atoms with E-state index in [0.717, 1.165) is 50.5 Å². The topological polar surface area (TPSA) is 78.9 Å². The van der Waals surface area contributed by atoms with Crippen molar-refractivity contribution >= 4 is 17.9 Å². The second-order valence-corrected chi connectivity index (χ2v) is 15.1. The SMILES string of the molecule is COC(=O)C(=O)OC(c1ccccc1)[C@@H](C)C1CC=C2C3=C(CCC21C)C1(C)CCC(OC(=O)c2ccccc2)C(C)(C)C1CC3. The molecular weight excluding hydrogens is 576 g/mol. The lowest BCUT2D eigenvalue weighted by molar-refractivity contribution is -0.172. The van der Waals surface area contributed by atoms with Gasteiger partial charge in [-0.25, -0.2) is 14.4 Å². The molecule has 46 heavy (non-hydrogen) atoms. The molecule has 244 valence electrons. The van der Waals surface area contributed by atoms with Gasteiger partial charge in [0.05, 0.1) is 12.7 Å². The van der Waals surface area contributed by atoms with Gasteiger partial charge in [-0.3, -0.25) is 0 Å². The number of ether oxygens (including phenoxy) is 3. The molecule has 1 saturated carbocycles. The summed E-state index contributed by atoms with van der Waals surface area (Å²) in [6, 6.07) is 19.1. The van der Waals surface area contributed by atoms with Crippen molar-refractivity contribution in [3.05, 3.63) is 94.6 Å². The van der Waals surface area contributed by atoms with Crippen molar-refractivity contribution in [3.8, 4) is 0 Å². The number of rotatable bonds is 6. The lowest BCUT2D eigenvalue weighted by Gasteiger charge is -2.59. The molecule has 0 spiro atoms. The Morgan fingerprint density at radius 3 is 2.17 bits per heavy atom. The maximum absolute atomic E-state index is 13.1. The van der Waals surface area contributed by atoms with Gasteiger partial charge in [-0.05, 0) is 96.5 Å². The third kappa shape index (κ3) is 5.32. The number of allylic oxidation sites excluding steroid dienone is 4. The zero-order valence-corrected chi connectivity index (χ0v) is 28.1. The summed E-state index contributed by atoms with van der Waals surface area (Å²) in [4.78, 5) is 37.8. The van der Waals surface area contributed by atoms with Crippen molar-refractivity contribution in [2.75, 3.05) is 7.11 Å². The molecule has 6 rings (SSSR count). The van der Waals surface area contributed by atoms with E-state index in [9.17, 15) is 14.4 Å². The van der Waals surface area contributed by atoms with Crippen molar-refractivity contribution in [1.82, 2.24) is 0 Å². The fraction of sp³-hybridized carbons (Fsp3) is 0.525. The Morgan fingerprint density at radius 1 is 0.826 bits per heavy atom. The first-order valence-corrected chi connectivity index (χ1v) is 16.9. The summed E-state index contributed by atoms with van der Waals surface area (Å²) < 4.78 is 16.8. The molecule has 2 aromatic carbocycles. The number of fused-ring (bicyclic) bond motifs is 4. The van der Waals surface area contributed by atoms with Crippen LogP contribution >= 0.6 is 0 Å². The van der Waals surface area contributed by atoms with Gasteiger partial charge in [0, 0.05) is 11.3 Å². The monoisotopic (exact) mass is 624 g/mol. The molecule has 4 aliphatic carbocycles. The summed E-state index contributed by atoms with van der Waals surface area (Å²) in [5.74, 6) is -1.50. The van der Waals surface area contributed by atoms with Gasteiger partial charge in [-0.1, -0.05) is 94.8 Å². The van der Waals surface area contributed by atoms with E-state index in [1.165, 1.54) is 12.7 Å². The van der Waals surface area contributed by atoms with E-state index < -0.39 is 18.0 Å². The molecular formula is C40H48O6. The number of carbonyl (C=O) groups excluding carboxylic acids is 3. The maximum atomic E-state index is 13.1. The lowest BCUT2D eigenvalue weighted by atomic mass is 9.46. The summed E-state index contributed by atoms with van der Waals surface area (Å²) in [6.45, 7) is 11.7. The number of esters is 3. The molecule has 0 heterocycles. The Morgan fingerprint density at radius 2 is 1.50 bits per heavy atom. The van der Waals surface area contributed by atoms with E-state index in [2.05, 4.69) is 45.4 Å². The highest BCUT2D eigenvalue weighted by atomic mass is 16.6. The standard InChI is InChI=1S/C40H48O6/c1-25(34(26-13-9-7-10-14-26)46-37(43)36(42)44-6)29-18-19-30-28-17-20-32-38(2,3)33(45-35(41)27-15-11-8-12-16-27)22-24-40(32,5)31(28)21-23-39(29,30)4/h7-16,19,25,29,32-34H,17-18,20-24H2,1-6H3/t25-,29?,32?,33?,34?,39?,40?/m0/s1. The van der Waals surface area contributed by atoms with Crippen LogP contribution in [-0.2, 0) is 23.8 Å². The van der Waals surface area contributed by atoms with E-state index in [1.807, 2.05) is 60.7 Å². The number of hydrogen-bond donors (Lipinski definition) is 0. The quantitative estimate of drug-likeness (QED) is 0.182. The van der Waals surface area contributed by atoms with E-state index >= 15 is 0 Å². The van der Waals surface area contributed by atoms with Gasteiger partial charge in [-0.15, -0.1) is 0 Å². The fourth-order valence-corrected chi connectivity index (χ4v) is 10.1. The maximum Gasteiger partial charge on any atom is 0.418 e. The molecule has 0 aliphatic heterocycles. The van der Waals surface area contributed by atoms with E-state index in [4.69, 9.17) is 9.47 Å². The normalized spacial score (nSPS) is 30.9. The van der Waals surface area contributed by atoms with Crippen LogP contribution in [0.25, 0.3) is 0 Å². The van der Waals surface area contributed by atoms with Crippen LogP contribution in [-0.4, -0.2) is 31.1 Å². The highest BCUT2D eigenvalue weighted by Crippen LogP contribution is 2.67. The molecule has 7 atom stereocenters. The van der Waals surface area contributed by atoms with Crippen LogP contribution in [0.15, 0.2) is 83.5 Å². The molecule has 0 radical (unpaired) electrons. The Labute approximate surface area is 273 Å². The molecule has 0 saturated heterocycles. The summed E-state index contributed by atoms with van der Waals surface area (Å²) >= 11 is 0. The minimum atomic E-state index is -0.977. The molecule has 6 nitrogen and oxygen atoms in total. The highest BCUT2D eigenvalue weighted by Gasteiger charge is 2.59. The molecule has 0 aromatic heterocycles. The minimum absolute atomic E-state index is 0.0162. The van der Waals surface area contributed by atoms with Gasteiger partial charge in [0.15, 0.2) is 0 Å². The number of carbonyl (C=O) groups is 3. The molecule has 4 aliphatic rings. The molecule has 0 N–H and O–H groups in total. The minimum Gasteiger partial charge on any atom is -0.461 e. The summed E-state index contributed by atoms with van der Waals surface area (Å²) in [5, 5.41) is 0. The summed E-state index contributed by atoms with van der Waals surface area (Å²) in [7, 11) is 1.20. The third-order valence-electron chi connectivity index (χ3n) is 12.5. The third-order valence-corrected chi connectivity index (χ3v) is 12.5. The van der Waals surface area contributed by atoms with Gasteiger partial charge in [0.2, 0.25) is 0 Å². The van der Waals surface area contributed by atoms with Crippen LogP contribution < -0.4 is 0 Å². The van der Waals surface area contributed by atoms with Gasteiger partial charge in [0.1, 0.15) is 12.2 Å². The molecule has 6 heteroatoms. The first-order valence-electron chi connectivity index (χ1n) is 16.9. The van der Waals surface area contributed by atoms with Crippen molar-refractivity contribution in [2.45, 2.75) is 91.8 Å². The average Bonchev–Trinajstić information content (AvgIpc) is 3.42. The second kappa shape index (κ2) is 12.2. The van der Waals surface area contributed by atoms with Crippen LogP contribution in [0.5, 0.6) is 0 Å². The largest absolute Gasteiger partial charge is 0.461 e. The van der Waals surface area contributed by atoms with Gasteiger partial charge < -0.3 is 14.2 Å². The van der Waals surface area contributed by atoms with Crippen molar-refractivity contribution in [3.63, 3.8) is 0 Å². The van der Waals surface area contributed by atoms with E-state index in [0.29, 0.717) is 11.5 Å². The zero-order chi connectivity index (χ0) is 32.9. The van der Waals surface area contributed by atoms with Crippen molar-refractivity contribution in [1.29, 1.82) is 0 Å². The van der Waals surface area contributed by atoms with Crippen LogP contribution in [0.4, 0.5) is 0 Å². The van der Waals surface area contributed by atoms with Gasteiger partial charge in [-0.2, -0.15) is 0 Å². The van der Waals surface area contributed by atoms with Crippen LogP contribution in [0.1, 0.15) is 102 Å². The van der Waals surface area contributed by atoms with E-state index in [1.54, 1.807) is 11.1 Å². The predicted molar refractivity (Wildman–Crippen MR) is 177 cm³/mol. The highest BCUT2D eigenvalue weighted by molar-refractivity contribution is 6.29. The molecule has 0 bridgehead atoms. The van der Waals surface area contributed by atoms with Crippen molar-refractivity contribution < 1.29 is 28.6 Å². The van der Waals surface area contributed by atoms with Crippen LogP contribution in [0, 0.1) is 34.0 Å². The lowest BCUT2D eigenvalue weighted by Crippen LogP contribution is -2.54. The van der Waals surface area contributed by atoms with Crippen molar-refractivity contribution in [2.24, 2.45) is 34.0 Å². The van der Waals surface area contributed by atoms with Crippen LogP contribution in [0.2, 0.25) is 0 Å². The Hall–Kier alpha value is -3.67. The molecule has 2 aromatic rings. The Balaban J connectivity index is 1.25. The average molecular weight is 625 g/mol. The van der Waals surface area contributed by atoms with Crippen LogP contribution in [0.3, 0.4) is 0 Å². The molecule has 0 amide bonds. The van der Waals surface area contributed by atoms with Gasteiger partial charge in [0.25, 0.3) is 0 Å². The number of methoxy groups -OCH3 is 1. The number of benzene rings is 2. The molecule has 1 fully saturated rings. The first-order chi connectivity index (χ1) is 21.9. The fourth-order valence-electron chi connectivity index (χ4n) is 10.1. The first kappa shape index (κ1) is 32.3. The summed E-state index contributed by atoms with van der Waals surface area (Å²) in [5.41, 5.74) is 5.99. The Kier molecular flexibility index (Phi) is 8.54. The smallest absolute Gasteiger partial charge is 0.418 e. The van der Waals surface area contributed by atoms with E-state index in [-0.39, 0.29) is 40.2 Å². The second-order valence-electron chi connectivity index (χ2n) is 15.1.